The second kappa shape index (κ2) is 8.29. The Hall–Kier alpha value is -2.04. The van der Waals surface area contributed by atoms with E-state index in [4.69, 9.17) is 5.73 Å². The van der Waals surface area contributed by atoms with Crippen molar-refractivity contribution in [2.75, 3.05) is 5.32 Å². The van der Waals surface area contributed by atoms with E-state index >= 15 is 0 Å². The Balaban J connectivity index is 2.66. The molecule has 0 unspecified atom stereocenters. The van der Waals surface area contributed by atoms with Crippen LogP contribution in [0.25, 0.3) is 0 Å². The minimum absolute atomic E-state index is 0.0404. The minimum atomic E-state index is -0.696. The van der Waals surface area contributed by atoms with Gasteiger partial charge in [0.05, 0.1) is 0 Å². The van der Waals surface area contributed by atoms with E-state index in [1.807, 2.05) is 38.1 Å². The fraction of sp³-hybridized carbons (Fsp3) is 0.500. The Bertz CT molecular complexity index is 469. The first-order chi connectivity index (χ1) is 9.93. The van der Waals surface area contributed by atoms with E-state index in [9.17, 15) is 9.59 Å². The van der Waals surface area contributed by atoms with Gasteiger partial charge in [-0.25, -0.2) is 4.79 Å². The highest BCUT2D eigenvalue weighted by Crippen LogP contribution is 2.13. The summed E-state index contributed by atoms with van der Waals surface area (Å²) in [4.78, 5) is 23.1. The summed E-state index contributed by atoms with van der Waals surface area (Å²) in [5.74, 6) is -0.300. The third kappa shape index (κ3) is 5.85. The van der Waals surface area contributed by atoms with Crippen molar-refractivity contribution in [3.8, 4) is 0 Å². The van der Waals surface area contributed by atoms with Crippen molar-refractivity contribution >= 4 is 17.6 Å². The molecule has 1 rings (SSSR count). The number of unbranched alkanes of at least 4 members (excludes halogenated alkanes) is 1. The number of nitrogens with two attached hydrogens (primary N) is 1. The number of carbonyl (C=O) groups is 2. The van der Waals surface area contributed by atoms with E-state index in [0.29, 0.717) is 0 Å². The molecule has 0 saturated carbocycles. The van der Waals surface area contributed by atoms with Gasteiger partial charge in [-0.05, 0) is 36.5 Å². The number of anilines is 1. The second-order valence-electron chi connectivity index (χ2n) is 5.52. The Kier molecular flexibility index (Phi) is 6.72. The first kappa shape index (κ1) is 17.0. The normalized spacial score (nSPS) is 12.0. The average molecular weight is 291 g/mol. The van der Waals surface area contributed by atoms with Gasteiger partial charge in [-0.15, -0.1) is 0 Å². The van der Waals surface area contributed by atoms with Gasteiger partial charge in [-0.1, -0.05) is 39.3 Å². The molecule has 5 heteroatoms. The Morgan fingerprint density at radius 1 is 1.19 bits per heavy atom. The van der Waals surface area contributed by atoms with Crippen LogP contribution < -0.4 is 16.4 Å². The highest BCUT2D eigenvalue weighted by atomic mass is 16.2. The van der Waals surface area contributed by atoms with Crippen LogP contribution in [0.3, 0.4) is 0 Å². The molecule has 0 aliphatic carbocycles. The Morgan fingerprint density at radius 2 is 1.81 bits per heavy atom. The summed E-state index contributed by atoms with van der Waals surface area (Å²) in [5, 5.41) is 5.27. The molecule has 0 fully saturated rings. The van der Waals surface area contributed by atoms with Crippen molar-refractivity contribution in [3.63, 3.8) is 0 Å². The number of carbonyl (C=O) groups excluding carboxylic acids is 2. The van der Waals surface area contributed by atoms with Gasteiger partial charge < -0.3 is 16.4 Å². The minimum Gasteiger partial charge on any atom is -0.352 e. The summed E-state index contributed by atoms with van der Waals surface area (Å²) < 4.78 is 0. The van der Waals surface area contributed by atoms with Crippen LogP contribution in [0.2, 0.25) is 0 Å². The highest BCUT2D eigenvalue weighted by molar-refractivity contribution is 5.97. The maximum absolute atomic E-state index is 12.2. The molecule has 0 aliphatic heterocycles. The quantitative estimate of drug-likeness (QED) is 0.721. The van der Waals surface area contributed by atoms with Crippen molar-refractivity contribution in [1.82, 2.24) is 5.32 Å². The third-order valence-electron chi connectivity index (χ3n) is 3.29. The lowest BCUT2D eigenvalue weighted by atomic mass is 10.0. The van der Waals surface area contributed by atoms with Gasteiger partial charge in [0.25, 0.3) is 0 Å². The first-order valence-electron chi connectivity index (χ1n) is 7.39. The number of aryl methyl sites for hydroxylation is 1. The highest BCUT2D eigenvalue weighted by Gasteiger charge is 2.23. The number of hydrogen-bond acceptors (Lipinski definition) is 2. The van der Waals surface area contributed by atoms with Crippen molar-refractivity contribution < 1.29 is 9.59 Å². The molecule has 1 aromatic carbocycles. The standard InChI is InChI=1S/C16H25N3O2/c1-4-5-6-12-7-9-13(10-8-12)18-15(20)14(11(2)3)19-16(17)21/h7-11,14H,4-6H2,1-3H3,(H,18,20)(H3,17,19,21)/t14-/m0/s1. The van der Waals surface area contributed by atoms with Gasteiger partial charge in [0.2, 0.25) is 5.91 Å². The molecule has 0 aliphatic rings. The fourth-order valence-corrected chi connectivity index (χ4v) is 2.04. The van der Waals surface area contributed by atoms with E-state index in [1.165, 1.54) is 5.56 Å². The molecular formula is C16H25N3O2. The van der Waals surface area contributed by atoms with Crippen LogP contribution >= 0.6 is 0 Å². The Morgan fingerprint density at radius 3 is 2.29 bits per heavy atom. The van der Waals surface area contributed by atoms with Gasteiger partial charge in [-0.3, -0.25) is 4.79 Å². The fourth-order valence-electron chi connectivity index (χ4n) is 2.04. The van der Waals surface area contributed by atoms with Crippen LogP contribution in [0.5, 0.6) is 0 Å². The van der Waals surface area contributed by atoms with Gasteiger partial charge in [0.15, 0.2) is 0 Å². The third-order valence-corrected chi connectivity index (χ3v) is 3.29. The zero-order valence-electron chi connectivity index (χ0n) is 13.0. The zero-order chi connectivity index (χ0) is 15.8. The molecular weight excluding hydrogens is 266 g/mol. The molecule has 3 amide bonds. The van der Waals surface area contributed by atoms with Crippen LogP contribution in [-0.2, 0) is 11.2 Å². The van der Waals surface area contributed by atoms with Gasteiger partial charge in [0.1, 0.15) is 6.04 Å². The van der Waals surface area contributed by atoms with E-state index in [-0.39, 0.29) is 11.8 Å². The van der Waals surface area contributed by atoms with E-state index in [2.05, 4.69) is 17.6 Å². The SMILES string of the molecule is CCCCc1ccc(NC(=O)[C@@H](NC(N)=O)C(C)C)cc1. The van der Waals surface area contributed by atoms with Crippen LogP contribution in [-0.4, -0.2) is 18.0 Å². The zero-order valence-corrected chi connectivity index (χ0v) is 13.0. The van der Waals surface area contributed by atoms with Crippen LogP contribution in [0.4, 0.5) is 10.5 Å². The van der Waals surface area contributed by atoms with E-state index in [1.54, 1.807) is 0 Å². The number of urea groups is 1. The Labute approximate surface area is 126 Å². The van der Waals surface area contributed by atoms with Gasteiger partial charge in [-0.2, -0.15) is 0 Å². The number of benzene rings is 1. The molecule has 21 heavy (non-hydrogen) atoms. The predicted molar refractivity (Wildman–Crippen MR) is 85.0 cm³/mol. The molecule has 1 atom stereocenters. The van der Waals surface area contributed by atoms with Gasteiger partial charge >= 0.3 is 6.03 Å². The second-order valence-corrected chi connectivity index (χ2v) is 5.52. The van der Waals surface area contributed by atoms with Gasteiger partial charge in [0, 0.05) is 5.69 Å². The monoisotopic (exact) mass is 291 g/mol. The van der Waals surface area contributed by atoms with E-state index in [0.717, 1.165) is 24.9 Å². The van der Waals surface area contributed by atoms with Crippen molar-refractivity contribution in [3.05, 3.63) is 29.8 Å². The lowest BCUT2D eigenvalue weighted by Gasteiger charge is -2.20. The van der Waals surface area contributed by atoms with Crippen molar-refractivity contribution in [2.24, 2.45) is 11.7 Å². The molecule has 0 saturated heterocycles. The number of nitrogens with one attached hydrogen (secondary N) is 2. The van der Waals surface area contributed by atoms with Crippen molar-refractivity contribution in [1.29, 1.82) is 0 Å². The molecule has 0 heterocycles. The van der Waals surface area contributed by atoms with Crippen LogP contribution in [0.15, 0.2) is 24.3 Å². The number of amides is 3. The lowest BCUT2D eigenvalue weighted by molar-refractivity contribution is -0.118. The van der Waals surface area contributed by atoms with Crippen LogP contribution in [0, 0.1) is 5.92 Å². The molecule has 0 radical (unpaired) electrons. The molecule has 1 aromatic rings. The maximum atomic E-state index is 12.2. The average Bonchev–Trinajstić information content (AvgIpc) is 2.43. The maximum Gasteiger partial charge on any atom is 0.312 e. The summed E-state index contributed by atoms with van der Waals surface area (Å²) >= 11 is 0. The predicted octanol–water partition coefficient (Wildman–Crippen LogP) is 2.66. The smallest absolute Gasteiger partial charge is 0.312 e. The first-order valence-corrected chi connectivity index (χ1v) is 7.39. The molecule has 0 spiro atoms. The summed E-state index contributed by atoms with van der Waals surface area (Å²) in [6, 6.07) is 6.45. The topological polar surface area (TPSA) is 84.2 Å². The largest absolute Gasteiger partial charge is 0.352 e. The molecule has 5 nitrogen and oxygen atoms in total. The summed E-state index contributed by atoms with van der Waals surface area (Å²) in [7, 11) is 0. The number of hydrogen-bond donors (Lipinski definition) is 3. The molecule has 4 N–H and O–H groups in total. The number of primary amides is 1. The molecule has 116 valence electrons. The summed E-state index contributed by atoms with van der Waals surface area (Å²) in [6.07, 6.45) is 3.36. The summed E-state index contributed by atoms with van der Waals surface area (Å²) in [6.45, 7) is 5.87. The van der Waals surface area contributed by atoms with E-state index < -0.39 is 12.1 Å². The number of rotatable bonds is 7. The molecule has 0 bridgehead atoms. The lowest BCUT2D eigenvalue weighted by Crippen LogP contribution is -2.49. The van der Waals surface area contributed by atoms with Crippen LogP contribution in [0.1, 0.15) is 39.2 Å². The molecule has 0 aromatic heterocycles. The van der Waals surface area contributed by atoms with Crippen molar-refractivity contribution in [2.45, 2.75) is 46.1 Å². The summed E-state index contributed by atoms with van der Waals surface area (Å²) in [5.41, 5.74) is 7.07.